The minimum absolute atomic E-state index is 0.159. The molecule has 2 nitrogen and oxygen atoms in total. The van der Waals surface area contributed by atoms with E-state index in [0.29, 0.717) is 17.7 Å². The van der Waals surface area contributed by atoms with Crippen LogP contribution in [-0.2, 0) is 6.32 Å². The van der Waals surface area contributed by atoms with E-state index in [0.717, 1.165) is 11.9 Å². The molecule has 1 aliphatic heterocycles. The van der Waals surface area contributed by atoms with Gasteiger partial charge < -0.3 is 4.74 Å². The van der Waals surface area contributed by atoms with Gasteiger partial charge in [0.1, 0.15) is 19.7 Å². The second-order valence-corrected chi connectivity index (χ2v) is 4.83. The highest BCUT2D eigenvalue weighted by Gasteiger charge is 2.26. The predicted molar refractivity (Wildman–Crippen MR) is 77.4 cm³/mol. The molecule has 0 aliphatic carbocycles. The fraction of sp³-hybridized carbons (Fsp3) is 0.188. The standard InChI is InChI=1S/C16H15BO2/c17-10-11-5-7-12(8-6-11)16-9-14(18)13-3-1-2-4-15(13)19-16/h1-8,16H,9-10,17H2. The van der Waals surface area contributed by atoms with Crippen molar-refractivity contribution in [1.82, 2.24) is 0 Å². The van der Waals surface area contributed by atoms with Gasteiger partial charge in [0.15, 0.2) is 5.78 Å². The molecule has 1 heterocycles. The molecule has 1 aliphatic rings. The molecule has 0 amide bonds. The Morgan fingerprint density at radius 1 is 1.11 bits per heavy atom. The van der Waals surface area contributed by atoms with Crippen LogP contribution in [0.2, 0.25) is 0 Å². The zero-order valence-corrected chi connectivity index (χ0v) is 10.9. The minimum atomic E-state index is -0.159. The van der Waals surface area contributed by atoms with Crippen molar-refractivity contribution in [2.24, 2.45) is 0 Å². The van der Waals surface area contributed by atoms with Crippen LogP contribution in [-0.4, -0.2) is 13.6 Å². The highest BCUT2D eigenvalue weighted by Crippen LogP contribution is 2.34. The number of hydrogen-bond acceptors (Lipinski definition) is 2. The number of hydrogen-bond donors (Lipinski definition) is 0. The van der Waals surface area contributed by atoms with E-state index in [1.165, 1.54) is 5.56 Å². The Morgan fingerprint density at radius 2 is 1.84 bits per heavy atom. The van der Waals surface area contributed by atoms with Gasteiger partial charge in [-0.3, -0.25) is 4.79 Å². The number of carbonyl (C=O) groups is 1. The molecule has 0 spiro atoms. The van der Waals surface area contributed by atoms with Gasteiger partial charge in [-0.1, -0.05) is 48.3 Å². The SMILES string of the molecule is BCc1ccc(C2CC(=O)c3ccccc3O2)cc1. The summed E-state index contributed by atoms with van der Waals surface area (Å²) in [6.45, 7) is 0. The molecule has 0 saturated carbocycles. The van der Waals surface area contributed by atoms with Crippen LogP contribution in [0.1, 0.15) is 34.0 Å². The highest BCUT2D eigenvalue weighted by molar-refractivity contribution is 6.08. The van der Waals surface area contributed by atoms with E-state index in [1.807, 2.05) is 24.3 Å². The van der Waals surface area contributed by atoms with E-state index in [2.05, 4.69) is 32.1 Å². The summed E-state index contributed by atoms with van der Waals surface area (Å²) in [5, 5.41) is 0. The number of para-hydroxylation sites is 1. The molecule has 2 aromatic carbocycles. The van der Waals surface area contributed by atoms with Crippen LogP contribution in [0, 0.1) is 0 Å². The molecule has 0 radical (unpaired) electrons. The molecule has 1 unspecified atom stereocenters. The summed E-state index contributed by atoms with van der Waals surface area (Å²) in [4.78, 5) is 12.1. The quantitative estimate of drug-likeness (QED) is 0.765. The van der Waals surface area contributed by atoms with Gasteiger partial charge >= 0.3 is 0 Å². The summed E-state index contributed by atoms with van der Waals surface area (Å²) in [7, 11) is 2.13. The minimum Gasteiger partial charge on any atom is -0.484 e. The Bertz CT molecular complexity index is 604. The molecule has 0 fully saturated rings. The maximum absolute atomic E-state index is 12.1. The lowest BCUT2D eigenvalue weighted by Crippen LogP contribution is -2.20. The number of carbonyl (C=O) groups excluding carboxylic acids is 1. The average molecular weight is 250 g/mol. The Balaban J connectivity index is 1.90. The summed E-state index contributed by atoms with van der Waals surface area (Å²) in [6, 6.07) is 15.8. The van der Waals surface area contributed by atoms with Gasteiger partial charge in [-0.25, -0.2) is 0 Å². The molecule has 3 heteroatoms. The van der Waals surface area contributed by atoms with E-state index in [1.54, 1.807) is 0 Å². The predicted octanol–water partition coefficient (Wildman–Crippen LogP) is 2.53. The first-order valence-electron chi connectivity index (χ1n) is 6.65. The van der Waals surface area contributed by atoms with Crippen LogP contribution in [0.5, 0.6) is 5.75 Å². The number of Topliss-reactive ketones (excluding diaryl/α,β-unsaturated/α-hetero) is 1. The van der Waals surface area contributed by atoms with Crippen LogP contribution in [0.4, 0.5) is 0 Å². The van der Waals surface area contributed by atoms with Gasteiger partial charge in [0.2, 0.25) is 0 Å². The average Bonchev–Trinajstić information content (AvgIpc) is 2.47. The van der Waals surface area contributed by atoms with Gasteiger partial charge in [0.05, 0.1) is 12.0 Å². The summed E-state index contributed by atoms with van der Waals surface area (Å²) >= 11 is 0. The molecular weight excluding hydrogens is 235 g/mol. The summed E-state index contributed by atoms with van der Waals surface area (Å²) in [5.41, 5.74) is 3.07. The molecule has 2 aromatic rings. The zero-order chi connectivity index (χ0) is 13.2. The van der Waals surface area contributed by atoms with Crippen LogP contribution < -0.4 is 4.74 Å². The molecular formula is C16H15BO2. The molecule has 0 aromatic heterocycles. The number of fused-ring (bicyclic) bond motifs is 1. The molecule has 0 saturated heterocycles. The molecule has 94 valence electrons. The maximum atomic E-state index is 12.1. The summed E-state index contributed by atoms with van der Waals surface area (Å²) in [6.07, 6.45) is 1.28. The monoisotopic (exact) mass is 250 g/mol. The lowest BCUT2D eigenvalue weighted by molar-refractivity contribution is 0.0850. The third-order valence-electron chi connectivity index (χ3n) is 3.59. The number of benzene rings is 2. The second kappa shape index (κ2) is 4.92. The fourth-order valence-corrected chi connectivity index (χ4v) is 2.43. The van der Waals surface area contributed by atoms with Gasteiger partial charge in [-0.15, -0.1) is 0 Å². The molecule has 0 bridgehead atoms. The Morgan fingerprint density at radius 3 is 2.58 bits per heavy atom. The lowest BCUT2D eigenvalue weighted by Gasteiger charge is -2.25. The number of ether oxygens (including phenoxy) is 1. The van der Waals surface area contributed by atoms with Gasteiger partial charge in [-0.2, -0.15) is 0 Å². The van der Waals surface area contributed by atoms with Crippen molar-refractivity contribution in [3.05, 3.63) is 65.2 Å². The van der Waals surface area contributed by atoms with E-state index in [4.69, 9.17) is 4.74 Å². The van der Waals surface area contributed by atoms with E-state index in [-0.39, 0.29) is 11.9 Å². The summed E-state index contributed by atoms with van der Waals surface area (Å²) in [5.74, 6) is 0.856. The van der Waals surface area contributed by atoms with Crippen molar-refractivity contribution in [3.8, 4) is 5.75 Å². The number of rotatable bonds is 2. The first-order chi connectivity index (χ1) is 9.28. The van der Waals surface area contributed by atoms with E-state index >= 15 is 0 Å². The van der Waals surface area contributed by atoms with Crippen molar-refractivity contribution in [1.29, 1.82) is 0 Å². The van der Waals surface area contributed by atoms with E-state index in [9.17, 15) is 4.79 Å². The van der Waals surface area contributed by atoms with Crippen molar-refractivity contribution in [2.75, 3.05) is 0 Å². The molecule has 19 heavy (non-hydrogen) atoms. The lowest BCUT2D eigenvalue weighted by atomic mass is 9.93. The first kappa shape index (κ1) is 12.0. The summed E-state index contributed by atoms with van der Waals surface area (Å²) < 4.78 is 5.94. The van der Waals surface area contributed by atoms with Crippen molar-refractivity contribution in [3.63, 3.8) is 0 Å². The van der Waals surface area contributed by atoms with Gasteiger partial charge in [0, 0.05) is 0 Å². The van der Waals surface area contributed by atoms with Gasteiger partial charge in [0.25, 0.3) is 0 Å². The van der Waals surface area contributed by atoms with Crippen molar-refractivity contribution in [2.45, 2.75) is 18.8 Å². The van der Waals surface area contributed by atoms with Gasteiger partial charge in [-0.05, 0) is 17.7 Å². The van der Waals surface area contributed by atoms with E-state index < -0.39 is 0 Å². The van der Waals surface area contributed by atoms with Crippen molar-refractivity contribution < 1.29 is 9.53 Å². The largest absolute Gasteiger partial charge is 0.484 e. The first-order valence-corrected chi connectivity index (χ1v) is 6.65. The highest BCUT2D eigenvalue weighted by atomic mass is 16.5. The maximum Gasteiger partial charge on any atom is 0.170 e. The van der Waals surface area contributed by atoms with Crippen LogP contribution in [0.25, 0.3) is 0 Å². The Labute approximate surface area is 113 Å². The third kappa shape index (κ3) is 2.28. The van der Waals surface area contributed by atoms with Crippen molar-refractivity contribution >= 4 is 13.6 Å². The van der Waals surface area contributed by atoms with Crippen LogP contribution in [0.15, 0.2) is 48.5 Å². The molecule has 3 rings (SSSR count). The van der Waals surface area contributed by atoms with Crippen LogP contribution >= 0.6 is 0 Å². The smallest absolute Gasteiger partial charge is 0.170 e. The number of ketones is 1. The normalized spacial score (nSPS) is 17.7. The van der Waals surface area contributed by atoms with Crippen LogP contribution in [0.3, 0.4) is 0 Å². The fourth-order valence-electron chi connectivity index (χ4n) is 2.43. The second-order valence-electron chi connectivity index (χ2n) is 4.83. The topological polar surface area (TPSA) is 26.3 Å². The Hall–Kier alpha value is -2.03. The third-order valence-corrected chi connectivity index (χ3v) is 3.59. The molecule has 1 atom stereocenters. The Kier molecular flexibility index (Phi) is 3.12. The molecule has 0 N–H and O–H groups in total. The zero-order valence-electron chi connectivity index (χ0n) is 10.9.